The Kier molecular flexibility index (Phi) is 5.57. The Morgan fingerprint density at radius 3 is 1.91 bits per heavy atom. The van der Waals surface area contributed by atoms with E-state index in [1.165, 1.54) is 6.42 Å². The third-order valence-electron chi connectivity index (χ3n) is 2.56. The van der Waals surface area contributed by atoms with E-state index >= 15 is 0 Å². The van der Waals surface area contributed by atoms with Gasteiger partial charge in [-0.2, -0.15) is 0 Å². The summed E-state index contributed by atoms with van der Waals surface area (Å²) < 4.78 is 0. The molecule has 0 aromatic carbocycles. The molecule has 0 aliphatic rings. The number of rotatable bonds is 5. The Hall–Kier alpha value is -0.0400. The van der Waals surface area contributed by atoms with Gasteiger partial charge in [0, 0.05) is 6.61 Å². The second-order valence-corrected chi connectivity index (χ2v) is 4.09. The average molecular weight is 158 g/mol. The van der Waals surface area contributed by atoms with Crippen LogP contribution in [0.2, 0.25) is 0 Å². The summed E-state index contributed by atoms with van der Waals surface area (Å²) >= 11 is 0. The van der Waals surface area contributed by atoms with Gasteiger partial charge in [0.15, 0.2) is 0 Å². The largest absolute Gasteiger partial charge is 0.396 e. The fourth-order valence-electron chi connectivity index (χ4n) is 0.972. The Labute approximate surface area is 70.8 Å². The zero-order valence-corrected chi connectivity index (χ0v) is 8.30. The van der Waals surface area contributed by atoms with Crippen LogP contribution in [0.15, 0.2) is 0 Å². The van der Waals surface area contributed by atoms with E-state index in [4.69, 9.17) is 5.11 Å². The molecule has 0 fully saturated rings. The molecule has 0 aliphatic heterocycles. The lowest BCUT2D eigenvalue weighted by Gasteiger charge is -2.16. The first kappa shape index (κ1) is 11.0. The molecule has 0 amide bonds. The SMILES string of the molecule is CC(CO)CCC(C)C(C)C. The van der Waals surface area contributed by atoms with Crippen LogP contribution in [0.25, 0.3) is 0 Å². The van der Waals surface area contributed by atoms with Crippen molar-refractivity contribution in [2.45, 2.75) is 40.5 Å². The zero-order chi connectivity index (χ0) is 8.85. The van der Waals surface area contributed by atoms with Gasteiger partial charge >= 0.3 is 0 Å². The molecule has 0 heterocycles. The maximum atomic E-state index is 8.79. The topological polar surface area (TPSA) is 20.2 Å². The first-order valence-electron chi connectivity index (χ1n) is 4.68. The van der Waals surface area contributed by atoms with Gasteiger partial charge in [-0.3, -0.25) is 0 Å². The van der Waals surface area contributed by atoms with Gasteiger partial charge in [0.25, 0.3) is 0 Å². The molecule has 0 saturated carbocycles. The van der Waals surface area contributed by atoms with Gasteiger partial charge in [0.2, 0.25) is 0 Å². The fourth-order valence-corrected chi connectivity index (χ4v) is 0.972. The molecular weight excluding hydrogens is 136 g/mol. The van der Waals surface area contributed by atoms with Crippen molar-refractivity contribution in [3.8, 4) is 0 Å². The Morgan fingerprint density at radius 2 is 1.55 bits per heavy atom. The highest BCUT2D eigenvalue weighted by molar-refractivity contribution is 4.59. The smallest absolute Gasteiger partial charge is 0.0456 e. The normalized spacial score (nSPS) is 16.9. The van der Waals surface area contributed by atoms with Crippen molar-refractivity contribution in [1.82, 2.24) is 0 Å². The Balaban J connectivity index is 3.37. The molecule has 0 aromatic rings. The van der Waals surface area contributed by atoms with Crippen molar-refractivity contribution in [3.05, 3.63) is 0 Å². The molecule has 0 saturated heterocycles. The monoisotopic (exact) mass is 158 g/mol. The van der Waals surface area contributed by atoms with E-state index in [0.29, 0.717) is 12.5 Å². The Bertz CT molecular complexity index is 88.9. The van der Waals surface area contributed by atoms with Crippen LogP contribution in [0.4, 0.5) is 0 Å². The number of aliphatic hydroxyl groups excluding tert-OH is 1. The van der Waals surface area contributed by atoms with Crippen LogP contribution in [0.1, 0.15) is 40.5 Å². The minimum Gasteiger partial charge on any atom is -0.396 e. The van der Waals surface area contributed by atoms with Crippen molar-refractivity contribution in [3.63, 3.8) is 0 Å². The summed E-state index contributed by atoms with van der Waals surface area (Å²) in [4.78, 5) is 0. The second-order valence-electron chi connectivity index (χ2n) is 4.09. The van der Waals surface area contributed by atoms with Gasteiger partial charge in [0.1, 0.15) is 0 Å². The molecule has 1 nitrogen and oxygen atoms in total. The van der Waals surface area contributed by atoms with Gasteiger partial charge in [-0.05, 0) is 24.2 Å². The highest BCUT2D eigenvalue weighted by Gasteiger charge is 2.08. The molecule has 0 rings (SSSR count). The van der Waals surface area contributed by atoms with Crippen molar-refractivity contribution in [2.24, 2.45) is 17.8 Å². The standard InChI is InChI=1S/C10H22O/c1-8(2)10(4)6-5-9(3)7-11/h8-11H,5-7H2,1-4H3. The van der Waals surface area contributed by atoms with E-state index < -0.39 is 0 Å². The van der Waals surface area contributed by atoms with Crippen LogP contribution in [0, 0.1) is 17.8 Å². The first-order valence-corrected chi connectivity index (χ1v) is 4.68. The molecular formula is C10H22O. The van der Waals surface area contributed by atoms with Gasteiger partial charge in [-0.25, -0.2) is 0 Å². The van der Waals surface area contributed by atoms with Crippen LogP contribution in [-0.4, -0.2) is 11.7 Å². The van der Waals surface area contributed by atoms with Crippen LogP contribution in [0.3, 0.4) is 0 Å². The molecule has 11 heavy (non-hydrogen) atoms. The van der Waals surface area contributed by atoms with Crippen molar-refractivity contribution < 1.29 is 5.11 Å². The predicted octanol–water partition coefficient (Wildman–Crippen LogP) is 2.69. The van der Waals surface area contributed by atoms with E-state index in [9.17, 15) is 0 Å². The quantitative estimate of drug-likeness (QED) is 0.652. The van der Waals surface area contributed by atoms with E-state index in [-0.39, 0.29) is 0 Å². The summed E-state index contributed by atoms with van der Waals surface area (Å²) in [6.07, 6.45) is 2.41. The molecule has 0 bridgehead atoms. The molecule has 1 heteroatoms. The minimum atomic E-state index is 0.338. The molecule has 0 spiro atoms. The van der Waals surface area contributed by atoms with Gasteiger partial charge in [-0.1, -0.05) is 34.1 Å². The fraction of sp³-hybridized carbons (Fsp3) is 1.00. The van der Waals surface area contributed by atoms with Crippen LogP contribution in [-0.2, 0) is 0 Å². The highest BCUT2D eigenvalue weighted by Crippen LogP contribution is 2.18. The molecule has 1 N–H and O–H groups in total. The first-order chi connectivity index (χ1) is 5.07. The lowest BCUT2D eigenvalue weighted by Crippen LogP contribution is -2.08. The average Bonchev–Trinajstić information content (AvgIpc) is 1.99. The van der Waals surface area contributed by atoms with Crippen LogP contribution < -0.4 is 0 Å². The molecule has 0 aliphatic carbocycles. The molecule has 2 unspecified atom stereocenters. The summed E-state index contributed by atoms with van der Waals surface area (Å²) in [6.45, 7) is 9.25. The number of hydrogen-bond donors (Lipinski definition) is 1. The third-order valence-corrected chi connectivity index (χ3v) is 2.56. The zero-order valence-electron chi connectivity index (χ0n) is 8.30. The summed E-state index contributed by atoms with van der Waals surface area (Å²) in [6, 6.07) is 0. The lowest BCUT2D eigenvalue weighted by molar-refractivity contribution is 0.217. The van der Waals surface area contributed by atoms with Gasteiger partial charge in [0.05, 0.1) is 0 Å². The lowest BCUT2D eigenvalue weighted by atomic mass is 9.90. The summed E-state index contributed by atoms with van der Waals surface area (Å²) in [5.41, 5.74) is 0. The maximum Gasteiger partial charge on any atom is 0.0456 e. The number of aliphatic hydroxyl groups is 1. The van der Waals surface area contributed by atoms with Crippen molar-refractivity contribution >= 4 is 0 Å². The van der Waals surface area contributed by atoms with Crippen LogP contribution in [0.5, 0.6) is 0 Å². The second kappa shape index (κ2) is 5.59. The molecule has 0 radical (unpaired) electrons. The molecule has 0 aromatic heterocycles. The van der Waals surface area contributed by atoms with Gasteiger partial charge < -0.3 is 5.11 Å². The number of hydrogen-bond acceptors (Lipinski definition) is 1. The van der Waals surface area contributed by atoms with E-state index in [1.54, 1.807) is 0 Å². The Morgan fingerprint density at radius 1 is 1.00 bits per heavy atom. The summed E-state index contributed by atoms with van der Waals surface area (Å²) in [7, 11) is 0. The minimum absolute atomic E-state index is 0.338. The van der Waals surface area contributed by atoms with Crippen molar-refractivity contribution in [2.75, 3.05) is 6.61 Å². The van der Waals surface area contributed by atoms with Crippen molar-refractivity contribution in [1.29, 1.82) is 0 Å². The van der Waals surface area contributed by atoms with E-state index in [2.05, 4.69) is 27.7 Å². The third kappa shape index (κ3) is 5.25. The molecule has 2 atom stereocenters. The van der Waals surface area contributed by atoms with Gasteiger partial charge in [-0.15, -0.1) is 0 Å². The summed E-state index contributed by atoms with van der Waals surface area (Å²) in [5.74, 6) is 2.06. The predicted molar refractivity (Wildman–Crippen MR) is 49.5 cm³/mol. The maximum absolute atomic E-state index is 8.79. The highest BCUT2D eigenvalue weighted by atomic mass is 16.3. The summed E-state index contributed by atoms with van der Waals surface area (Å²) in [5, 5.41) is 8.79. The van der Waals surface area contributed by atoms with E-state index in [0.717, 1.165) is 18.3 Å². The van der Waals surface area contributed by atoms with Crippen LogP contribution >= 0.6 is 0 Å². The van der Waals surface area contributed by atoms with E-state index in [1.807, 2.05) is 0 Å². The molecule has 68 valence electrons.